The van der Waals surface area contributed by atoms with Crippen LogP contribution in [0.1, 0.15) is 16.8 Å². The molecule has 0 unspecified atom stereocenters. The minimum Gasteiger partial charge on any atom is -0.392 e. The van der Waals surface area contributed by atoms with Crippen LogP contribution < -0.4 is 4.90 Å². The third-order valence-corrected chi connectivity index (χ3v) is 3.20. The molecule has 0 aliphatic heterocycles. The van der Waals surface area contributed by atoms with E-state index in [2.05, 4.69) is 11.1 Å². The van der Waals surface area contributed by atoms with Gasteiger partial charge in [0.05, 0.1) is 17.9 Å². The molecule has 0 bridgehead atoms. The van der Waals surface area contributed by atoms with Gasteiger partial charge in [0.25, 0.3) is 0 Å². The number of hydrogen-bond acceptors (Lipinski definition) is 4. The van der Waals surface area contributed by atoms with Crippen molar-refractivity contribution in [3.8, 4) is 6.07 Å². The number of pyridine rings is 1. The molecule has 1 aromatic heterocycles. The van der Waals surface area contributed by atoms with E-state index in [1.54, 1.807) is 12.3 Å². The zero-order valence-corrected chi connectivity index (χ0v) is 11.5. The number of hydrogen-bond donors (Lipinski definition) is 1. The zero-order valence-electron chi connectivity index (χ0n) is 11.5. The number of nitriles is 1. The minimum atomic E-state index is -0.0490. The molecule has 0 amide bonds. The molecule has 1 N–H and O–H groups in total. The van der Waals surface area contributed by atoms with Crippen molar-refractivity contribution in [1.82, 2.24) is 4.98 Å². The molecule has 0 atom stereocenters. The normalized spacial score (nSPS) is 10.1. The highest BCUT2D eigenvalue weighted by molar-refractivity contribution is 5.60. The third-order valence-electron chi connectivity index (χ3n) is 3.20. The van der Waals surface area contributed by atoms with Gasteiger partial charge in [0.2, 0.25) is 0 Å². The summed E-state index contributed by atoms with van der Waals surface area (Å²) in [7, 11) is 1.96. The Morgan fingerprint density at radius 1 is 1.30 bits per heavy atom. The molecule has 2 rings (SSSR count). The van der Waals surface area contributed by atoms with Crippen molar-refractivity contribution < 1.29 is 5.11 Å². The van der Waals surface area contributed by atoms with Crippen molar-refractivity contribution in [2.75, 3.05) is 18.5 Å². The fourth-order valence-corrected chi connectivity index (χ4v) is 2.05. The lowest BCUT2D eigenvalue weighted by Crippen LogP contribution is -2.21. The Bertz CT molecular complexity index is 605. The van der Waals surface area contributed by atoms with Crippen molar-refractivity contribution in [3.63, 3.8) is 0 Å². The molecule has 20 heavy (non-hydrogen) atoms. The molecule has 4 nitrogen and oxygen atoms in total. The fraction of sp³-hybridized carbons (Fsp3) is 0.250. The van der Waals surface area contributed by atoms with Crippen LogP contribution in [0.2, 0.25) is 0 Å². The second-order valence-corrected chi connectivity index (χ2v) is 4.61. The van der Waals surface area contributed by atoms with Gasteiger partial charge < -0.3 is 10.0 Å². The lowest BCUT2D eigenvalue weighted by molar-refractivity contribution is 0.282. The van der Waals surface area contributed by atoms with Gasteiger partial charge in [0, 0.05) is 31.9 Å². The predicted octanol–water partition coefficient (Wildman–Crippen LogP) is 2.12. The quantitative estimate of drug-likeness (QED) is 0.901. The van der Waals surface area contributed by atoms with E-state index in [1.165, 1.54) is 0 Å². The Morgan fingerprint density at radius 3 is 2.80 bits per heavy atom. The number of rotatable bonds is 5. The molecule has 0 spiro atoms. The number of nitrogens with zero attached hydrogens (tertiary/aromatic N) is 3. The van der Waals surface area contributed by atoms with Crippen molar-refractivity contribution in [1.29, 1.82) is 5.26 Å². The summed E-state index contributed by atoms with van der Waals surface area (Å²) in [6.07, 6.45) is 2.61. The first-order chi connectivity index (χ1) is 9.74. The fourth-order valence-electron chi connectivity index (χ4n) is 2.05. The molecule has 0 fully saturated rings. The van der Waals surface area contributed by atoms with Crippen molar-refractivity contribution >= 4 is 5.69 Å². The van der Waals surface area contributed by atoms with E-state index in [-0.39, 0.29) is 6.61 Å². The average Bonchev–Trinajstić information content (AvgIpc) is 2.52. The van der Waals surface area contributed by atoms with Gasteiger partial charge in [-0.2, -0.15) is 5.26 Å². The number of benzene rings is 1. The van der Waals surface area contributed by atoms with Gasteiger partial charge in [-0.25, -0.2) is 0 Å². The first kappa shape index (κ1) is 14.0. The Labute approximate surface area is 118 Å². The summed E-state index contributed by atoms with van der Waals surface area (Å²) in [6.45, 7) is 0.733. The molecule has 2 aromatic rings. The lowest BCUT2D eigenvalue weighted by atomic mass is 10.1. The highest BCUT2D eigenvalue weighted by atomic mass is 16.3. The standard InChI is InChI=1S/C16H17N3O/c1-19(9-7-15-4-2-3-8-18-15)16-6-5-13(12-20)10-14(16)11-17/h2-6,8,10,20H,7,9,12H2,1H3. The molecule has 0 radical (unpaired) electrons. The average molecular weight is 267 g/mol. The molecule has 0 aliphatic rings. The number of anilines is 1. The van der Waals surface area contributed by atoms with Gasteiger partial charge in [-0.05, 0) is 29.8 Å². The summed E-state index contributed by atoms with van der Waals surface area (Å²) < 4.78 is 0. The second-order valence-electron chi connectivity index (χ2n) is 4.61. The van der Waals surface area contributed by atoms with Crippen LogP contribution in [0.15, 0.2) is 42.6 Å². The lowest BCUT2D eigenvalue weighted by Gasteiger charge is -2.20. The maximum absolute atomic E-state index is 9.20. The monoisotopic (exact) mass is 267 g/mol. The second kappa shape index (κ2) is 6.69. The highest BCUT2D eigenvalue weighted by Gasteiger charge is 2.08. The van der Waals surface area contributed by atoms with Gasteiger partial charge in [-0.1, -0.05) is 12.1 Å². The Hall–Kier alpha value is -2.38. The molecule has 0 aliphatic carbocycles. The summed E-state index contributed by atoms with van der Waals surface area (Å²) in [5, 5.41) is 18.3. The first-order valence-electron chi connectivity index (χ1n) is 6.49. The maximum atomic E-state index is 9.20. The summed E-state index contributed by atoms with van der Waals surface area (Å²) in [4.78, 5) is 6.33. The third kappa shape index (κ3) is 3.34. The Kier molecular flexibility index (Phi) is 4.70. The van der Waals surface area contributed by atoms with Gasteiger partial charge in [0.1, 0.15) is 6.07 Å². The summed E-state index contributed by atoms with van der Waals surface area (Å²) in [6, 6.07) is 13.5. The zero-order chi connectivity index (χ0) is 14.4. The molecule has 0 saturated carbocycles. The van der Waals surface area contributed by atoms with Crippen LogP contribution in [0.3, 0.4) is 0 Å². The summed E-state index contributed by atoms with van der Waals surface area (Å²) in [5.74, 6) is 0. The number of aliphatic hydroxyl groups is 1. The van der Waals surface area contributed by atoms with Gasteiger partial charge in [0.15, 0.2) is 0 Å². The Balaban J connectivity index is 2.09. The molecular weight excluding hydrogens is 250 g/mol. The van der Waals surface area contributed by atoms with Crippen LogP contribution in [-0.2, 0) is 13.0 Å². The number of aliphatic hydroxyl groups excluding tert-OH is 1. The molecule has 1 heterocycles. The van der Waals surface area contributed by atoms with Crippen molar-refractivity contribution in [2.45, 2.75) is 13.0 Å². The van der Waals surface area contributed by atoms with E-state index in [0.717, 1.165) is 29.9 Å². The van der Waals surface area contributed by atoms with Crippen LogP contribution in [0.4, 0.5) is 5.69 Å². The van der Waals surface area contributed by atoms with E-state index in [4.69, 9.17) is 5.11 Å². The van der Waals surface area contributed by atoms with E-state index in [0.29, 0.717) is 5.56 Å². The van der Waals surface area contributed by atoms with Crippen LogP contribution in [0, 0.1) is 11.3 Å². The maximum Gasteiger partial charge on any atom is 0.101 e. The first-order valence-corrected chi connectivity index (χ1v) is 6.49. The predicted molar refractivity (Wildman–Crippen MR) is 78.3 cm³/mol. The SMILES string of the molecule is CN(CCc1ccccn1)c1ccc(CO)cc1C#N. The van der Waals surface area contributed by atoms with Crippen LogP contribution in [-0.4, -0.2) is 23.7 Å². The van der Waals surface area contributed by atoms with Crippen LogP contribution in [0.25, 0.3) is 0 Å². The van der Waals surface area contributed by atoms with E-state index in [9.17, 15) is 5.26 Å². The molecule has 1 aromatic carbocycles. The number of likely N-dealkylation sites (N-methyl/N-ethyl adjacent to an activating group) is 1. The van der Waals surface area contributed by atoms with E-state index in [1.807, 2.05) is 42.3 Å². The Morgan fingerprint density at radius 2 is 2.15 bits per heavy atom. The topological polar surface area (TPSA) is 60.1 Å². The van der Waals surface area contributed by atoms with E-state index < -0.39 is 0 Å². The largest absolute Gasteiger partial charge is 0.392 e. The van der Waals surface area contributed by atoms with Gasteiger partial charge in [-0.15, -0.1) is 0 Å². The number of aromatic nitrogens is 1. The van der Waals surface area contributed by atoms with Crippen molar-refractivity contribution in [2.24, 2.45) is 0 Å². The van der Waals surface area contributed by atoms with Crippen LogP contribution >= 0.6 is 0 Å². The smallest absolute Gasteiger partial charge is 0.101 e. The van der Waals surface area contributed by atoms with E-state index >= 15 is 0 Å². The van der Waals surface area contributed by atoms with Crippen LogP contribution in [0.5, 0.6) is 0 Å². The van der Waals surface area contributed by atoms with Gasteiger partial charge >= 0.3 is 0 Å². The molecule has 4 heteroatoms. The minimum absolute atomic E-state index is 0.0490. The van der Waals surface area contributed by atoms with Gasteiger partial charge in [-0.3, -0.25) is 4.98 Å². The summed E-state index contributed by atoms with van der Waals surface area (Å²) in [5.41, 5.74) is 3.24. The summed E-state index contributed by atoms with van der Waals surface area (Å²) >= 11 is 0. The molecule has 0 saturated heterocycles. The highest BCUT2D eigenvalue weighted by Crippen LogP contribution is 2.20. The van der Waals surface area contributed by atoms with Crippen molar-refractivity contribution in [3.05, 3.63) is 59.4 Å². The molecule has 102 valence electrons. The molecular formula is C16H17N3O.